The zero-order valence-electron chi connectivity index (χ0n) is 11.0. The van der Waals surface area contributed by atoms with Gasteiger partial charge in [-0.25, -0.2) is 0 Å². The molecular weight excluding hydrogens is 280 g/mol. The molecule has 2 aromatic rings. The van der Waals surface area contributed by atoms with Gasteiger partial charge < -0.3 is 14.5 Å². The number of benzene rings is 1. The third kappa shape index (κ3) is 3.00. The molecule has 0 aliphatic heterocycles. The number of amides is 1. The Morgan fingerprint density at radius 3 is 2.70 bits per heavy atom. The standard InChI is InChI=1S/C14H15ClN2O3/c1-2-17(7-8-18)14(19)12-9-20-16-13(12)10-3-5-11(15)6-4-10/h3-6,9,18H,2,7-8H2,1H3. The summed E-state index contributed by atoms with van der Waals surface area (Å²) in [5.41, 5.74) is 1.61. The average molecular weight is 295 g/mol. The van der Waals surface area contributed by atoms with Crippen LogP contribution < -0.4 is 0 Å². The molecule has 6 heteroatoms. The topological polar surface area (TPSA) is 66.6 Å². The van der Waals surface area contributed by atoms with E-state index in [9.17, 15) is 4.79 Å². The van der Waals surface area contributed by atoms with E-state index in [1.165, 1.54) is 11.2 Å². The fraction of sp³-hybridized carbons (Fsp3) is 0.286. The van der Waals surface area contributed by atoms with Gasteiger partial charge in [0.2, 0.25) is 0 Å². The van der Waals surface area contributed by atoms with Gasteiger partial charge in [-0.2, -0.15) is 0 Å². The second kappa shape index (κ2) is 6.54. The van der Waals surface area contributed by atoms with Crippen molar-refractivity contribution in [1.29, 1.82) is 0 Å². The summed E-state index contributed by atoms with van der Waals surface area (Å²) < 4.78 is 4.93. The van der Waals surface area contributed by atoms with Crippen LogP contribution in [0.4, 0.5) is 0 Å². The lowest BCUT2D eigenvalue weighted by Gasteiger charge is -2.19. The number of carbonyl (C=O) groups is 1. The van der Waals surface area contributed by atoms with Gasteiger partial charge in [0, 0.05) is 23.7 Å². The first-order valence-electron chi connectivity index (χ1n) is 6.27. The molecule has 0 saturated carbocycles. The maximum absolute atomic E-state index is 12.4. The summed E-state index contributed by atoms with van der Waals surface area (Å²) in [7, 11) is 0. The molecule has 0 radical (unpaired) electrons. The molecule has 1 amide bonds. The van der Waals surface area contributed by atoms with Crippen molar-refractivity contribution < 1.29 is 14.4 Å². The maximum atomic E-state index is 12.4. The first-order valence-corrected chi connectivity index (χ1v) is 6.65. The molecule has 0 aliphatic rings. The largest absolute Gasteiger partial charge is 0.395 e. The Bertz CT molecular complexity index is 580. The zero-order valence-corrected chi connectivity index (χ0v) is 11.8. The van der Waals surface area contributed by atoms with Crippen LogP contribution in [0.25, 0.3) is 11.3 Å². The van der Waals surface area contributed by atoms with E-state index in [4.69, 9.17) is 21.2 Å². The van der Waals surface area contributed by atoms with E-state index in [2.05, 4.69) is 5.16 Å². The molecule has 0 saturated heterocycles. The van der Waals surface area contributed by atoms with Crippen LogP contribution in [0, 0.1) is 0 Å². The minimum absolute atomic E-state index is 0.0822. The van der Waals surface area contributed by atoms with Crippen LogP contribution in [0.15, 0.2) is 35.1 Å². The highest BCUT2D eigenvalue weighted by atomic mass is 35.5. The van der Waals surface area contributed by atoms with Crippen molar-refractivity contribution in [2.24, 2.45) is 0 Å². The Hall–Kier alpha value is -1.85. The van der Waals surface area contributed by atoms with Gasteiger partial charge in [0.05, 0.1) is 6.61 Å². The van der Waals surface area contributed by atoms with Gasteiger partial charge in [0.25, 0.3) is 5.91 Å². The van der Waals surface area contributed by atoms with Crippen molar-refractivity contribution in [1.82, 2.24) is 10.1 Å². The van der Waals surface area contributed by atoms with Crippen molar-refractivity contribution >= 4 is 17.5 Å². The highest BCUT2D eigenvalue weighted by molar-refractivity contribution is 6.30. The summed E-state index contributed by atoms with van der Waals surface area (Å²) in [6.07, 6.45) is 1.33. The number of nitrogens with zero attached hydrogens (tertiary/aromatic N) is 2. The van der Waals surface area contributed by atoms with Crippen LogP contribution in [0.1, 0.15) is 17.3 Å². The van der Waals surface area contributed by atoms with Crippen molar-refractivity contribution in [3.05, 3.63) is 41.1 Å². The lowest BCUT2D eigenvalue weighted by Crippen LogP contribution is -2.33. The van der Waals surface area contributed by atoms with Crippen LogP contribution in [-0.2, 0) is 0 Å². The average Bonchev–Trinajstić information content (AvgIpc) is 2.94. The van der Waals surface area contributed by atoms with Crippen molar-refractivity contribution in [3.63, 3.8) is 0 Å². The zero-order chi connectivity index (χ0) is 14.5. The highest BCUT2D eigenvalue weighted by Crippen LogP contribution is 2.24. The summed E-state index contributed by atoms with van der Waals surface area (Å²) >= 11 is 5.84. The molecule has 0 aliphatic carbocycles. The predicted octanol–water partition coefficient (Wildman–Crippen LogP) is 2.45. The van der Waals surface area contributed by atoms with Gasteiger partial charge in [-0.15, -0.1) is 0 Å². The van der Waals surface area contributed by atoms with Crippen LogP contribution in [-0.4, -0.2) is 40.8 Å². The lowest BCUT2D eigenvalue weighted by molar-refractivity contribution is 0.0732. The molecule has 2 rings (SSSR count). The minimum Gasteiger partial charge on any atom is -0.395 e. The Balaban J connectivity index is 2.32. The van der Waals surface area contributed by atoms with Gasteiger partial charge in [-0.3, -0.25) is 4.79 Å². The first-order chi connectivity index (χ1) is 9.67. The molecule has 0 fully saturated rings. The summed E-state index contributed by atoms with van der Waals surface area (Å²) in [6.45, 7) is 2.55. The smallest absolute Gasteiger partial charge is 0.259 e. The van der Waals surface area contributed by atoms with Gasteiger partial charge in [0.15, 0.2) is 0 Å². The Morgan fingerprint density at radius 1 is 1.40 bits per heavy atom. The summed E-state index contributed by atoms with van der Waals surface area (Å²) in [5.74, 6) is -0.215. The number of hydrogen-bond acceptors (Lipinski definition) is 4. The van der Waals surface area contributed by atoms with Crippen molar-refractivity contribution in [2.45, 2.75) is 6.92 Å². The van der Waals surface area contributed by atoms with Gasteiger partial charge in [-0.1, -0.05) is 28.9 Å². The van der Waals surface area contributed by atoms with Gasteiger partial charge >= 0.3 is 0 Å². The molecule has 0 atom stereocenters. The summed E-state index contributed by atoms with van der Waals surface area (Å²) in [5, 5.41) is 13.5. The summed E-state index contributed by atoms with van der Waals surface area (Å²) in [6, 6.07) is 7.01. The molecule has 106 valence electrons. The quantitative estimate of drug-likeness (QED) is 0.920. The maximum Gasteiger partial charge on any atom is 0.259 e. The monoisotopic (exact) mass is 294 g/mol. The molecule has 1 N–H and O–H groups in total. The van der Waals surface area contributed by atoms with Gasteiger partial charge in [0.1, 0.15) is 17.5 Å². The fourth-order valence-electron chi connectivity index (χ4n) is 1.90. The Kier molecular flexibility index (Phi) is 4.76. The lowest BCUT2D eigenvalue weighted by atomic mass is 10.1. The van der Waals surface area contributed by atoms with Crippen LogP contribution in [0.2, 0.25) is 5.02 Å². The number of rotatable bonds is 5. The Labute approximate surface area is 121 Å². The van der Waals surface area contributed by atoms with E-state index in [0.717, 1.165) is 5.56 Å². The minimum atomic E-state index is -0.215. The van der Waals surface area contributed by atoms with Crippen LogP contribution in [0.5, 0.6) is 0 Å². The van der Waals surface area contributed by atoms with E-state index < -0.39 is 0 Å². The first kappa shape index (κ1) is 14.6. The molecule has 0 unspecified atom stereocenters. The number of aliphatic hydroxyl groups is 1. The number of aliphatic hydroxyl groups excluding tert-OH is 1. The van der Waals surface area contributed by atoms with Crippen LogP contribution >= 0.6 is 11.6 Å². The van der Waals surface area contributed by atoms with E-state index in [1.807, 2.05) is 6.92 Å². The third-order valence-electron chi connectivity index (χ3n) is 2.96. The molecule has 20 heavy (non-hydrogen) atoms. The molecule has 5 nitrogen and oxygen atoms in total. The van der Waals surface area contributed by atoms with E-state index in [0.29, 0.717) is 22.8 Å². The number of halogens is 1. The van der Waals surface area contributed by atoms with E-state index in [1.54, 1.807) is 24.3 Å². The second-order valence-electron chi connectivity index (χ2n) is 4.19. The van der Waals surface area contributed by atoms with E-state index >= 15 is 0 Å². The number of aromatic nitrogens is 1. The van der Waals surface area contributed by atoms with Crippen molar-refractivity contribution in [2.75, 3.05) is 19.7 Å². The molecule has 0 bridgehead atoms. The van der Waals surface area contributed by atoms with Crippen LogP contribution in [0.3, 0.4) is 0 Å². The molecule has 1 heterocycles. The van der Waals surface area contributed by atoms with Gasteiger partial charge in [-0.05, 0) is 19.1 Å². The highest BCUT2D eigenvalue weighted by Gasteiger charge is 2.21. The molecule has 0 spiro atoms. The molecule has 1 aromatic heterocycles. The predicted molar refractivity (Wildman–Crippen MR) is 75.6 cm³/mol. The second-order valence-corrected chi connectivity index (χ2v) is 4.63. The fourth-order valence-corrected chi connectivity index (χ4v) is 2.02. The SMILES string of the molecule is CCN(CCO)C(=O)c1conc1-c1ccc(Cl)cc1. The number of hydrogen-bond donors (Lipinski definition) is 1. The summed E-state index contributed by atoms with van der Waals surface area (Å²) in [4.78, 5) is 13.9. The third-order valence-corrected chi connectivity index (χ3v) is 3.21. The molecule has 1 aromatic carbocycles. The number of likely N-dealkylation sites (N-methyl/N-ethyl adjacent to an activating group) is 1. The van der Waals surface area contributed by atoms with E-state index in [-0.39, 0.29) is 19.1 Å². The Morgan fingerprint density at radius 2 is 2.10 bits per heavy atom. The normalized spacial score (nSPS) is 10.6. The molecular formula is C14H15ClN2O3. The van der Waals surface area contributed by atoms with Crippen molar-refractivity contribution in [3.8, 4) is 11.3 Å². The number of carbonyl (C=O) groups excluding carboxylic acids is 1.